The Bertz CT molecular complexity index is 692. The first-order valence-corrected chi connectivity index (χ1v) is 8.51. The first-order chi connectivity index (χ1) is 11.5. The Morgan fingerprint density at radius 2 is 1.71 bits per heavy atom. The van der Waals surface area contributed by atoms with Gasteiger partial charge in [0.05, 0.1) is 0 Å². The van der Waals surface area contributed by atoms with Crippen LogP contribution in [0.4, 0.5) is 5.69 Å². The molecule has 1 heterocycles. The fraction of sp³-hybridized carbons (Fsp3) is 0.350. The molecule has 3 N–H and O–H groups in total. The maximum atomic E-state index is 12.5. The molecule has 3 rings (SSSR count). The molecule has 1 saturated heterocycles. The molecule has 126 valence electrons. The van der Waals surface area contributed by atoms with Crippen LogP contribution in [0.25, 0.3) is 0 Å². The van der Waals surface area contributed by atoms with Gasteiger partial charge < -0.3 is 5.32 Å². The molecule has 2 atom stereocenters. The van der Waals surface area contributed by atoms with E-state index in [4.69, 9.17) is 0 Å². The van der Waals surface area contributed by atoms with Gasteiger partial charge in [-0.15, -0.1) is 0 Å². The van der Waals surface area contributed by atoms with E-state index < -0.39 is 0 Å². The van der Waals surface area contributed by atoms with Gasteiger partial charge >= 0.3 is 0 Å². The Hall–Kier alpha value is -2.17. The number of hydrogen-bond acceptors (Lipinski definition) is 3. The molecule has 0 spiro atoms. The van der Waals surface area contributed by atoms with Crippen LogP contribution in [0.15, 0.2) is 48.5 Å². The zero-order valence-corrected chi connectivity index (χ0v) is 14.5. The lowest BCUT2D eigenvalue weighted by molar-refractivity contribution is -0.117. The van der Waals surface area contributed by atoms with Crippen molar-refractivity contribution in [3.63, 3.8) is 0 Å². The second-order valence-electron chi connectivity index (χ2n) is 6.81. The van der Waals surface area contributed by atoms with Gasteiger partial charge in [0.1, 0.15) is 6.04 Å². The number of anilines is 1. The van der Waals surface area contributed by atoms with Crippen LogP contribution in [-0.4, -0.2) is 11.9 Å². The third-order valence-electron chi connectivity index (χ3n) is 4.54. The molecule has 2 aromatic rings. The first-order valence-electron chi connectivity index (χ1n) is 8.51. The van der Waals surface area contributed by atoms with Gasteiger partial charge in [0, 0.05) is 11.7 Å². The van der Waals surface area contributed by atoms with Crippen molar-refractivity contribution < 1.29 is 4.79 Å². The Kier molecular flexibility index (Phi) is 4.97. The van der Waals surface area contributed by atoms with Crippen LogP contribution in [0, 0.1) is 6.92 Å². The van der Waals surface area contributed by atoms with Gasteiger partial charge in [-0.1, -0.05) is 55.8 Å². The summed E-state index contributed by atoms with van der Waals surface area (Å²) >= 11 is 0. The molecule has 24 heavy (non-hydrogen) atoms. The number of amides is 1. The minimum Gasteiger partial charge on any atom is -0.325 e. The molecule has 2 aromatic carbocycles. The van der Waals surface area contributed by atoms with E-state index in [9.17, 15) is 4.79 Å². The highest BCUT2D eigenvalue weighted by molar-refractivity contribution is 5.95. The van der Waals surface area contributed by atoms with Crippen molar-refractivity contribution in [2.75, 3.05) is 5.32 Å². The van der Waals surface area contributed by atoms with Crippen molar-refractivity contribution in [3.8, 4) is 0 Å². The van der Waals surface area contributed by atoms with Crippen molar-refractivity contribution >= 4 is 11.6 Å². The third kappa shape index (κ3) is 3.83. The topological polar surface area (TPSA) is 53.2 Å². The van der Waals surface area contributed by atoms with Crippen LogP contribution in [0.5, 0.6) is 0 Å². The lowest BCUT2D eigenvalue weighted by Gasteiger charge is -2.12. The average Bonchev–Trinajstić information content (AvgIpc) is 3.06. The standard InChI is InChI=1S/C20H25N3O/c1-13(2)15-8-10-17(11-9-15)21-20(24)19-12-18(22-23-19)16-6-4-14(3)5-7-16/h4-11,13,18-19,22-23H,12H2,1-3H3,(H,21,24). The van der Waals surface area contributed by atoms with Gasteiger partial charge in [-0.25, -0.2) is 10.9 Å². The molecular weight excluding hydrogens is 298 g/mol. The molecule has 0 bridgehead atoms. The number of benzene rings is 2. The quantitative estimate of drug-likeness (QED) is 0.805. The number of carbonyl (C=O) groups is 1. The Labute approximate surface area is 143 Å². The zero-order chi connectivity index (χ0) is 17.1. The molecule has 0 aromatic heterocycles. The van der Waals surface area contributed by atoms with E-state index in [1.807, 2.05) is 12.1 Å². The van der Waals surface area contributed by atoms with E-state index >= 15 is 0 Å². The number of aryl methyl sites for hydroxylation is 1. The van der Waals surface area contributed by atoms with Crippen LogP contribution in [0.3, 0.4) is 0 Å². The molecule has 4 heteroatoms. The summed E-state index contributed by atoms with van der Waals surface area (Å²) in [6, 6.07) is 16.4. The second-order valence-corrected chi connectivity index (χ2v) is 6.81. The van der Waals surface area contributed by atoms with Crippen molar-refractivity contribution in [2.24, 2.45) is 0 Å². The number of nitrogens with one attached hydrogen (secondary N) is 3. The third-order valence-corrected chi connectivity index (χ3v) is 4.54. The molecular formula is C20H25N3O. The summed E-state index contributed by atoms with van der Waals surface area (Å²) in [7, 11) is 0. The van der Waals surface area contributed by atoms with Gasteiger partial charge in [0.15, 0.2) is 0 Å². The summed E-state index contributed by atoms with van der Waals surface area (Å²) in [5.74, 6) is 0.486. The maximum Gasteiger partial charge on any atom is 0.242 e. The highest BCUT2D eigenvalue weighted by Gasteiger charge is 2.30. The lowest BCUT2D eigenvalue weighted by Crippen LogP contribution is -2.39. The molecule has 4 nitrogen and oxygen atoms in total. The number of rotatable bonds is 4. The molecule has 1 aliphatic heterocycles. The lowest BCUT2D eigenvalue weighted by atomic mass is 10.0. The van der Waals surface area contributed by atoms with E-state index in [-0.39, 0.29) is 18.0 Å². The van der Waals surface area contributed by atoms with E-state index in [1.165, 1.54) is 16.7 Å². The van der Waals surface area contributed by atoms with Crippen LogP contribution < -0.4 is 16.2 Å². The summed E-state index contributed by atoms with van der Waals surface area (Å²) < 4.78 is 0. The second kappa shape index (κ2) is 7.16. The minimum absolute atomic E-state index is 0.00518. The number of carbonyl (C=O) groups excluding carboxylic acids is 1. The highest BCUT2D eigenvalue weighted by atomic mass is 16.2. The largest absolute Gasteiger partial charge is 0.325 e. The van der Waals surface area contributed by atoms with Crippen LogP contribution in [0.1, 0.15) is 48.9 Å². The zero-order valence-electron chi connectivity index (χ0n) is 14.5. The van der Waals surface area contributed by atoms with E-state index in [1.54, 1.807) is 0 Å². The van der Waals surface area contributed by atoms with Gasteiger partial charge in [-0.3, -0.25) is 4.79 Å². The Morgan fingerprint density at radius 3 is 2.33 bits per heavy atom. The molecule has 1 aliphatic rings. The van der Waals surface area contributed by atoms with E-state index in [0.717, 1.165) is 12.1 Å². The van der Waals surface area contributed by atoms with Crippen LogP contribution in [-0.2, 0) is 4.79 Å². The SMILES string of the molecule is Cc1ccc(C2CC(C(=O)Nc3ccc(C(C)C)cc3)NN2)cc1. The average molecular weight is 323 g/mol. The van der Waals surface area contributed by atoms with Gasteiger partial charge in [0.25, 0.3) is 0 Å². The number of hydrogen-bond donors (Lipinski definition) is 3. The molecule has 1 amide bonds. The van der Waals surface area contributed by atoms with Crippen molar-refractivity contribution in [3.05, 3.63) is 65.2 Å². The monoisotopic (exact) mass is 323 g/mol. The molecule has 0 saturated carbocycles. The summed E-state index contributed by atoms with van der Waals surface area (Å²) in [5.41, 5.74) is 10.9. The summed E-state index contributed by atoms with van der Waals surface area (Å²) in [5, 5.41) is 2.99. The first kappa shape index (κ1) is 16.7. The fourth-order valence-electron chi connectivity index (χ4n) is 2.93. The van der Waals surface area contributed by atoms with Crippen molar-refractivity contribution in [1.29, 1.82) is 0 Å². The van der Waals surface area contributed by atoms with Gasteiger partial charge in [-0.2, -0.15) is 0 Å². The Balaban J connectivity index is 1.59. The molecule has 1 fully saturated rings. The van der Waals surface area contributed by atoms with Crippen molar-refractivity contribution in [2.45, 2.75) is 45.2 Å². The minimum atomic E-state index is -0.235. The van der Waals surface area contributed by atoms with E-state index in [2.05, 4.69) is 73.3 Å². The normalized spacial score (nSPS) is 20.3. The highest BCUT2D eigenvalue weighted by Crippen LogP contribution is 2.23. The number of hydrazine groups is 1. The predicted molar refractivity (Wildman–Crippen MR) is 97.8 cm³/mol. The summed E-state index contributed by atoms with van der Waals surface area (Å²) in [6.45, 7) is 6.39. The predicted octanol–water partition coefficient (Wildman–Crippen LogP) is 3.66. The smallest absolute Gasteiger partial charge is 0.242 e. The van der Waals surface area contributed by atoms with Crippen LogP contribution >= 0.6 is 0 Å². The summed E-state index contributed by atoms with van der Waals surface area (Å²) in [6.07, 6.45) is 0.735. The van der Waals surface area contributed by atoms with Crippen molar-refractivity contribution in [1.82, 2.24) is 10.9 Å². The molecule has 0 aliphatic carbocycles. The maximum absolute atomic E-state index is 12.5. The summed E-state index contributed by atoms with van der Waals surface area (Å²) in [4.78, 5) is 12.5. The Morgan fingerprint density at radius 1 is 1.04 bits per heavy atom. The van der Waals surface area contributed by atoms with Gasteiger partial charge in [-0.05, 0) is 42.5 Å². The fourth-order valence-corrected chi connectivity index (χ4v) is 2.93. The van der Waals surface area contributed by atoms with E-state index in [0.29, 0.717) is 5.92 Å². The molecule has 0 radical (unpaired) electrons. The van der Waals surface area contributed by atoms with Gasteiger partial charge in [0.2, 0.25) is 5.91 Å². The van der Waals surface area contributed by atoms with Crippen LogP contribution in [0.2, 0.25) is 0 Å². The molecule has 2 unspecified atom stereocenters.